The van der Waals surface area contributed by atoms with Crippen LogP contribution in [0.5, 0.6) is 0 Å². The molecule has 0 aromatic carbocycles. The number of thiazole rings is 1. The Balaban J connectivity index is 2.09. The monoisotopic (exact) mass is 520 g/mol. The number of aromatic nitrogens is 2. The van der Waals surface area contributed by atoms with Crippen molar-refractivity contribution in [1.82, 2.24) is 14.9 Å². The van der Waals surface area contributed by atoms with E-state index in [4.69, 9.17) is 4.74 Å². The number of likely N-dealkylation sites (tertiary alicyclic amines) is 1. The van der Waals surface area contributed by atoms with E-state index in [9.17, 15) is 31.5 Å². The van der Waals surface area contributed by atoms with Crippen LogP contribution in [-0.2, 0) is 4.74 Å². The Labute approximate surface area is 202 Å². The molecule has 3 heterocycles. The van der Waals surface area contributed by atoms with Crippen LogP contribution >= 0.6 is 11.3 Å². The van der Waals surface area contributed by atoms with Crippen molar-refractivity contribution in [2.45, 2.75) is 64.7 Å². The fraction of sp³-hybridized carbons (Fsp3) is 0.545. The Hall–Kier alpha value is -2.83. The molecule has 0 bridgehead atoms. The average Bonchev–Trinajstić information content (AvgIpc) is 3.43. The molecule has 3 rings (SSSR count). The van der Waals surface area contributed by atoms with E-state index in [1.54, 1.807) is 11.8 Å². The van der Waals surface area contributed by atoms with Crippen LogP contribution < -0.4 is 5.32 Å². The van der Waals surface area contributed by atoms with Gasteiger partial charge in [0.2, 0.25) is 5.01 Å². The summed E-state index contributed by atoms with van der Waals surface area (Å²) in [7, 11) is 0. The van der Waals surface area contributed by atoms with Crippen molar-refractivity contribution in [3.63, 3.8) is 0 Å². The third-order valence-corrected chi connectivity index (χ3v) is 6.70. The Bertz CT molecular complexity index is 1080. The molecule has 13 heteroatoms. The zero-order valence-corrected chi connectivity index (χ0v) is 20.1. The summed E-state index contributed by atoms with van der Waals surface area (Å²) < 4.78 is 72.5. The van der Waals surface area contributed by atoms with Gasteiger partial charge >= 0.3 is 12.1 Å². The summed E-state index contributed by atoms with van der Waals surface area (Å²) in [5, 5.41) is 1.95. The summed E-state index contributed by atoms with van der Waals surface area (Å²) in [5.74, 6) is -1.72. The van der Waals surface area contributed by atoms with Crippen LogP contribution in [0.3, 0.4) is 0 Å². The Kier molecular flexibility index (Phi) is 8.29. The van der Waals surface area contributed by atoms with Gasteiger partial charge in [-0.25, -0.2) is 23.5 Å². The lowest BCUT2D eigenvalue weighted by atomic mass is 10.1. The molecule has 7 nitrogen and oxygen atoms in total. The van der Waals surface area contributed by atoms with Crippen LogP contribution in [-0.4, -0.2) is 58.2 Å². The highest BCUT2D eigenvalue weighted by molar-refractivity contribution is 7.17. The first-order chi connectivity index (χ1) is 16.5. The molecular formula is C22H25F5N4O3S. The molecule has 1 saturated heterocycles. The molecule has 1 aliphatic heterocycles. The number of halogens is 5. The van der Waals surface area contributed by atoms with Gasteiger partial charge in [-0.05, 0) is 39.2 Å². The fourth-order valence-electron chi connectivity index (χ4n) is 3.81. The number of nitrogens with one attached hydrogen (secondary N) is 1. The van der Waals surface area contributed by atoms with E-state index in [2.05, 4.69) is 15.3 Å². The molecule has 2 atom stereocenters. The number of carbonyl (C=O) groups excluding carboxylic acids is 2. The van der Waals surface area contributed by atoms with E-state index in [-0.39, 0.29) is 46.0 Å². The zero-order chi connectivity index (χ0) is 25.9. The normalized spacial score (nSPS) is 17.1. The highest BCUT2D eigenvalue weighted by Gasteiger charge is 2.39. The van der Waals surface area contributed by atoms with E-state index in [1.165, 1.54) is 6.92 Å². The quantitative estimate of drug-likeness (QED) is 0.355. The van der Waals surface area contributed by atoms with Crippen LogP contribution in [0.4, 0.5) is 27.8 Å². The second-order valence-electron chi connectivity index (χ2n) is 8.01. The van der Waals surface area contributed by atoms with E-state index in [0.29, 0.717) is 17.9 Å². The van der Waals surface area contributed by atoms with Crippen molar-refractivity contribution < 1.29 is 36.3 Å². The SMILES string of the molecule is CCOC(=O)c1nc(C(=O)N2CCC[C@@H]2C)c(-c2cnc(NC(CC)C(F)(F)F)cc2C(F)F)s1. The number of anilines is 1. The molecule has 2 aromatic heterocycles. The molecule has 0 radical (unpaired) electrons. The molecule has 2 aromatic rings. The summed E-state index contributed by atoms with van der Waals surface area (Å²) in [4.78, 5) is 35.1. The zero-order valence-electron chi connectivity index (χ0n) is 19.3. The number of rotatable bonds is 8. The van der Waals surface area contributed by atoms with E-state index in [1.807, 2.05) is 6.92 Å². The van der Waals surface area contributed by atoms with Crippen LogP contribution in [0.15, 0.2) is 12.3 Å². The summed E-state index contributed by atoms with van der Waals surface area (Å²) in [6, 6.07) is -1.25. The smallest absolute Gasteiger partial charge is 0.408 e. The minimum atomic E-state index is -4.60. The van der Waals surface area contributed by atoms with Crippen molar-refractivity contribution in [2.24, 2.45) is 0 Å². The van der Waals surface area contributed by atoms with Gasteiger partial charge in [0.1, 0.15) is 17.6 Å². The molecule has 1 unspecified atom stereocenters. The first-order valence-electron chi connectivity index (χ1n) is 11.1. The van der Waals surface area contributed by atoms with Crippen molar-refractivity contribution in [3.05, 3.63) is 28.5 Å². The molecule has 1 amide bonds. The largest absolute Gasteiger partial charge is 0.461 e. The summed E-state index contributed by atoms with van der Waals surface area (Å²) in [5.41, 5.74) is -1.02. The fourth-order valence-corrected chi connectivity index (χ4v) is 4.80. The molecular weight excluding hydrogens is 495 g/mol. The number of amides is 1. The summed E-state index contributed by atoms with van der Waals surface area (Å²) in [6.45, 7) is 5.23. The molecule has 1 aliphatic rings. The number of pyridine rings is 1. The maximum absolute atomic E-state index is 14.0. The number of carbonyl (C=O) groups is 2. The van der Waals surface area contributed by atoms with Crippen LogP contribution in [0.2, 0.25) is 0 Å². The predicted molar refractivity (Wildman–Crippen MR) is 120 cm³/mol. The Morgan fingerprint density at radius 2 is 2.03 bits per heavy atom. The lowest BCUT2D eigenvalue weighted by Crippen LogP contribution is -2.35. The third kappa shape index (κ3) is 5.88. The van der Waals surface area contributed by atoms with Gasteiger partial charge in [0, 0.05) is 29.9 Å². The van der Waals surface area contributed by atoms with Crippen molar-refractivity contribution in [1.29, 1.82) is 0 Å². The second-order valence-corrected chi connectivity index (χ2v) is 9.01. The van der Waals surface area contributed by atoms with E-state index >= 15 is 0 Å². The van der Waals surface area contributed by atoms with Crippen LogP contribution in [0, 0.1) is 0 Å². The van der Waals surface area contributed by atoms with Crippen molar-refractivity contribution in [2.75, 3.05) is 18.5 Å². The standard InChI is InChI=1S/C22H25F5N4O3S/c1-4-14(22(25,26)27)29-15-9-12(18(23)24)13(10-28-15)17-16(20(32)31-8-6-7-11(31)3)30-19(35-17)21(33)34-5-2/h9-11,14,18H,4-8H2,1-3H3,(H,28,29)/t11-,14?/m0/s1. The third-order valence-electron chi connectivity index (χ3n) is 5.63. The number of alkyl halides is 5. The molecule has 0 spiro atoms. The van der Waals surface area contributed by atoms with E-state index < -0.39 is 36.1 Å². The molecule has 35 heavy (non-hydrogen) atoms. The number of hydrogen-bond donors (Lipinski definition) is 1. The lowest BCUT2D eigenvalue weighted by Gasteiger charge is -2.22. The maximum Gasteiger partial charge on any atom is 0.408 e. The molecule has 192 valence electrons. The van der Waals surface area contributed by atoms with Gasteiger partial charge < -0.3 is 15.0 Å². The van der Waals surface area contributed by atoms with Gasteiger partial charge in [0.25, 0.3) is 12.3 Å². The summed E-state index contributed by atoms with van der Waals surface area (Å²) >= 11 is 0.702. The van der Waals surface area contributed by atoms with Gasteiger partial charge in [-0.3, -0.25) is 4.79 Å². The van der Waals surface area contributed by atoms with Crippen molar-refractivity contribution in [3.8, 4) is 10.4 Å². The minimum Gasteiger partial charge on any atom is -0.461 e. The predicted octanol–water partition coefficient (Wildman–Crippen LogP) is 5.70. The minimum absolute atomic E-state index is 0.0191. The summed E-state index contributed by atoms with van der Waals surface area (Å²) in [6.07, 6.45) is -5.53. The van der Waals surface area contributed by atoms with Gasteiger partial charge in [0.05, 0.1) is 11.5 Å². The Morgan fingerprint density at radius 1 is 1.31 bits per heavy atom. The molecule has 0 saturated carbocycles. The van der Waals surface area contributed by atoms with Gasteiger partial charge in [-0.2, -0.15) is 13.2 Å². The average molecular weight is 521 g/mol. The van der Waals surface area contributed by atoms with Gasteiger partial charge in [-0.15, -0.1) is 11.3 Å². The number of nitrogens with zero attached hydrogens (tertiary/aromatic N) is 3. The topological polar surface area (TPSA) is 84.4 Å². The van der Waals surface area contributed by atoms with E-state index in [0.717, 1.165) is 25.1 Å². The molecule has 1 N–H and O–H groups in total. The lowest BCUT2D eigenvalue weighted by molar-refractivity contribution is -0.142. The second kappa shape index (κ2) is 10.8. The maximum atomic E-state index is 14.0. The van der Waals surface area contributed by atoms with Gasteiger partial charge in [0.15, 0.2) is 0 Å². The Morgan fingerprint density at radius 3 is 2.57 bits per heavy atom. The number of ether oxygens (including phenoxy) is 1. The first kappa shape index (κ1) is 26.8. The van der Waals surface area contributed by atoms with Crippen LogP contribution in [0.25, 0.3) is 10.4 Å². The highest BCUT2D eigenvalue weighted by Crippen LogP contribution is 2.39. The molecule has 1 fully saturated rings. The number of hydrogen-bond acceptors (Lipinski definition) is 7. The van der Waals surface area contributed by atoms with Crippen LogP contribution in [0.1, 0.15) is 72.3 Å². The van der Waals surface area contributed by atoms with Gasteiger partial charge in [-0.1, -0.05) is 6.92 Å². The first-order valence-corrected chi connectivity index (χ1v) is 11.9. The number of esters is 1. The van der Waals surface area contributed by atoms with Crippen molar-refractivity contribution >= 4 is 29.0 Å². The molecule has 0 aliphatic carbocycles. The highest BCUT2D eigenvalue weighted by atomic mass is 32.1.